The van der Waals surface area contributed by atoms with Crippen molar-refractivity contribution in [2.45, 2.75) is 41.5 Å². The molecule has 0 aliphatic carbocycles. The van der Waals surface area contributed by atoms with Gasteiger partial charge in [-0.3, -0.25) is 0 Å². The Morgan fingerprint density at radius 2 is 0.582 bits per heavy atom. The molecule has 0 aliphatic heterocycles. The summed E-state index contributed by atoms with van der Waals surface area (Å²) in [5, 5.41) is 15.7. The van der Waals surface area contributed by atoms with E-state index < -0.39 is 0 Å². The molecule has 0 saturated carbocycles. The average Bonchev–Trinajstić information content (AvgIpc) is 3.85. The fraction of sp³-hybridized carbons (Fsp3) is 0.0909. The van der Waals surface area contributed by atoms with E-state index >= 15 is 0 Å². The zero-order chi connectivity index (χ0) is 43.6. The third kappa shape index (κ3) is 8.52. The van der Waals surface area contributed by atoms with Crippen LogP contribution >= 0.6 is 0 Å². The van der Waals surface area contributed by atoms with E-state index in [9.17, 15) is 0 Å². The SMILES string of the molecule is Cc1cc(C)c(-c2ccc3c(c2)[cH-]c2cc(-c4c(C)cc(C)cc4C)ccc23)c(C)c1.[CH3-].[CH3-].[Zr+4].c1ccc2c(-c3ccc4c(c3)[cH-]c3cc(-c5cccc6ccccc56)ccc34)cccc2c1. The van der Waals surface area contributed by atoms with Crippen LogP contribution in [0.2, 0.25) is 0 Å². The molecular formula is C66H56Zr. The zero-order valence-corrected chi connectivity index (χ0v) is 42.4. The molecule has 0 unspecified atom stereocenters. The van der Waals surface area contributed by atoms with Crippen molar-refractivity contribution in [3.05, 3.63) is 242 Å². The summed E-state index contributed by atoms with van der Waals surface area (Å²) in [5.74, 6) is 0. The molecule has 0 aliphatic rings. The molecular weight excluding hydrogens is 884 g/mol. The standard InChI is InChI=1S/C33H21.C31H29.2CH3.Zr/c1-3-11-28-22(7-1)9-5-13-30(28)24-15-17-32-26(19-24)21-27-20-25(16-18-33(27)32)31-14-6-10-23-8-2-4-12-29(23)31;1-18-11-20(3)30(21(4)12-18)24-7-9-28-26(15-24)17-27-16-25(8-10-29(27)28)31-22(5)13-19(2)14-23(31)6;;;/h1-21H;7-17H,1-6H3;2*1H3;/q4*-1;+4. The predicted molar refractivity (Wildman–Crippen MR) is 292 cm³/mol. The van der Waals surface area contributed by atoms with Gasteiger partial charge in [-0.15, -0.1) is 79.5 Å². The molecule has 0 radical (unpaired) electrons. The van der Waals surface area contributed by atoms with Gasteiger partial charge in [0, 0.05) is 0 Å². The molecule has 1 heteroatoms. The number of hydrogen-bond donors (Lipinski definition) is 0. The van der Waals surface area contributed by atoms with Crippen LogP contribution in [0, 0.1) is 56.4 Å². The summed E-state index contributed by atoms with van der Waals surface area (Å²) < 4.78 is 0. The molecule has 0 saturated heterocycles. The summed E-state index contributed by atoms with van der Waals surface area (Å²) >= 11 is 0. The first-order valence-corrected chi connectivity index (χ1v) is 22.6. The van der Waals surface area contributed by atoms with Crippen molar-refractivity contribution < 1.29 is 26.2 Å². The van der Waals surface area contributed by atoms with Gasteiger partial charge >= 0.3 is 26.2 Å². The second kappa shape index (κ2) is 18.9. The summed E-state index contributed by atoms with van der Waals surface area (Å²) in [4.78, 5) is 0. The topological polar surface area (TPSA) is 0 Å². The Bertz CT molecular complexity index is 3490. The van der Waals surface area contributed by atoms with E-state index in [-0.39, 0.29) is 41.1 Å². The van der Waals surface area contributed by atoms with E-state index in [2.05, 4.69) is 236 Å². The van der Waals surface area contributed by atoms with Gasteiger partial charge in [0.1, 0.15) is 0 Å². The van der Waals surface area contributed by atoms with E-state index in [1.54, 1.807) is 0 Å². The van der Waals surface area contributed by atoms with Crippen molar-refractivity contribution in [3.63, 3.8) is 0 Å². The van der Waals surface area contributed by atoms with Crippen molar-refractivity contribution in [1.29, 1.82) is 0 Å². The minimum absolute atomic E-state index is 0. The second-order valence-corrected chi connectivity index (χ2v) is 18.1. The average molecular weight is 940 g/mol. The molecule has 0 fully saturated rings. The quantitative estimate of drug-likeness (QED) is 0.154. The second-order valence-electron chi connectivity index (χ2n) is 18.1. The minimum atomic E-state index is 0. The number of hydrogen-bond acceptors (Lipinski definition) is 0. The smallest absolute Gasteiger partial charge is 0.358 e. The van der Waals surface area contributed by atoms with Crippen molar-refractivity contribution in [1.82, 2.24) is 0 Å². The summed E-state index contributed by atoms with van der Waals surface area (Å²) in [5.41, 5.74) is 18.5. The molecule has 67 heavy (non-hydrogen) atoms. The Hall–Kier alpha value is -6.66. The van der Waals surface area contributed by atoms with Gasteiger partial charge in [-0.1, -0.05) is 191 Å². The molecule has 0 N–H and O–H groups in total. The van der Waals surface area contributed by atoms with Gasteiger partial charge in [0.2, 0.25) is 0 Å². The van der Waals surface area contributed by atoms with Gasteiger partial charge in [0.25, 0.3) is 0 Å². The molecule has 324 valence electrons. The third-order valence-corrected chi connectivity index (χ3v) is 13.5. The Labute approximate surface area is 416 Å². The molecule has 0 aromatic heterocycles. The Kier molecular flexibility index (Phi) is 13.2. The van der Waals surface area contributed by atoms with Crippen molar-refractivity contribution in [2.75, 3.05) is 0 Å². The normalized spacial score (nSPS) is 11.1. The van der Waals surface area contributed by atoms with E-state index in [1.165, 1.54) is 143 Å². The summed E-state index contributed by atoms with van der Waals surface area (Å²) in [7, 11) is 0. The van der Waals surface area contributed by atoms with Crippen LogP contribution in [0.5, 0.6) is 0 Å². The molecule has 0 nitrogen and oxygen atoms in total. The fourth-order valence-electron chi connectivity index (χ4n) is 10.9. The van der Waals surface area contributed by atoms with Crippen LogP contribution in [0.15, 0.2) is 194 Å². The predicted octanol–water partition coefficient (Wildman–Crippen LogP) is 19.1. The number of benzene rings is 10. The molecule has 12 aromatic carbocycles. The van der Waals surface area contributed by atoms with Crippen LogP contribution in [0.4, 0.5) is 0 Å². The van der Waals surface area contributed by atoms with Crippen LogP contribution in [0.25, 0.3) is 109 Å². The van der Waals surface area contributed by atoms with Crippen molar-refractivity contribution in [2.24, 2.45) is 0 Å². The van der Waals surface area contributed by atoms with E-state index in [1.807, 2.05) is 0 Å². The first-order chi connectivity index (χ1) is 31.2. The zero-order valence-electron chi connectivity index (χ0n) is 40.0. The molecule has 0 spiro atoms. The molecule has 0 bridgehead atoms. The van der Waals surface area contributed by atoms with Gasteiger partial charge in [-0.2, -0.15) is 0 Å². The molecule has 0 atom stereocenters. The third-order valence-electron chi connectivity index (χ3n) is 13.5. The van der Waals surface area contributed by atoms with Crippen molar-refractivity contribution >= 4 is 64.6 Å². The van der Waals surface area contributed by atoms with Crippen LogP contribution in [0.1, 0.15) is 33.4 Å². The maximum atomic E-state index is 2.36. The molecule has 0 amide bonds. The number of rotatable bonds is 4. The van der Waals surface area contributed by atoms with Gasteiger partial charge in [0.15, 0.2) is 0 Å². The van der Waals surface area contributed by atoms with Gasteiger partial charge < -0.3 is 14.9 Å². The van der Waals surface area contributed by atoms with E-state index in [0.717, 1.165) is 0 Å². The van der Waals surface area contributed by atoms with Crippen LogP contribution in [-0.2, 0) is 26.2 Å². The Balaban J connectivity index is 0.000000174. The van der Waals surface area contributed by atoms with Crippen LogP contribution in [0.3, 0.4) is 0 Å². The minimum Gasteiger partial charge on any atom is -0.358 e. The summed E-state index contributed by atoms with van der Waals surface area (Å²) in [6, 6.07) is 71.9. The summed E-state index contributed by atoms with van der Waals surface area (Å²) in [6.45, 7) is 13.2. The number of fused-ring (bicyclic) bond motifs is 8. The Morgan fingerprint density at radius 1 is 0.284 bits per heavy atom. The molecule has 12 rings (SSSR count). The van der Waals surface area contributed by atoms with Crippen LogP contribution in [-0.4, -0.2) is 0 Å². The maximum absolute atomic E-state index is 2.36. The Morgan fingerprint density at radius 3 is 0.940 bits per heavy atom. The molecule has 0 heterocycles. The first kappa shape index (κ1) is 46.9. The largest absolute Gasteiger partial charge is 4.00 e. The fourth-order valence-corrected chi connectivity index (χ4v) is 10.9. The first-order valence-electron chi connectivity index (χ1n) is 22.6. The van der Waals surface area contributed by atoms with Gasteiger partial charge in [-0.25, -0.2) is 0 Å². The number of aryl methyl sites for hydroxylation is 6. The van der Waals surface area contributed by atoms with E-state index in [0.29, 0.717) is 0 Å². The summed E-state index contributed by atoms with van der Waals surface area (Å²) in [6.07, 6.45) is 0. The monoisotopic (exact) mass is 938 g/mol. The maximum Gasteiger partial charge on any atom is 4.00 e. The van der Waals surface area contributed by atoms with E-state index in [4.69, 9.17) is 0 Å². The molecule has 12 aromatic rings. The van der Waals surface area contributed by atoms with Crippen LogP contribution < -0.4 is 0 Å². The van der Waals surface area contributed by atoms with Crippen molar-refractivity contribution in [3.8, 4) is 44.5 Å². The van der Waals surface area contributed by atoms with Gasteiger partial charge in [-0.05, 0) is 108 Å². The van der Waals surface area contributed by atoms with Gasteiger partial charge in [0.05, 0.1) is 0 Å².